The van der Waals surface area contributed by atoms with Crippen LogP contribution in [-0.2, 0) is 10.2 Å². The van der Waals surface area contributed by atoms with Crippen LogP contribution in [0.3, 0.4) is 0 Å². The lowest BCUT2D eigenvalue weighted by Crippen LogP contribution is -2.43. The summed E-state index contributed by atoms with van der Waals surface area (Å²) < 4.78 is 28.7. The maximum atomic E-state index is 11.8. The Hall–Kier alpha value is -0.950. The second-order valence-electron chi connectivity index (χ2n) is 5.51. The zero-order valence-corrected chi connectivity index (χ0v) is 13.7. The molecule has 0 aliphatic heterocycles. The van der Waals surface area contributed by atoms with Gasteiger partial charge in [-0.15, -0.1) is 0 Å². The molecule has 0 aliphatic carbocycles. The highest BCUT2D eigenvalue weighted by molar-refractivity contribution is 7.87. The van der Waals surface area contributed by atoms with E-state index in [1.54, 1.807) is 13.8 Å². The molecule has 20 heavy (non-hydrogen) atoms. The van der Waals surface area contributed by atoms with E-state index in [4.69, 9.17) is 0 Å². The molecule has 1 aromatic carbocycles. The van der Waals surface area contributed by atoms with Crippen LogP contribution in [-0.4, -0.2) is 40.0 Å². The normalized spacial score (nSPS) is 13.9. The number of hydrogen-bond acceptors (Lipinski definition) is 3. The molecule has 0 aromatic heterocycles. The Morgan fingerprint density at radius 3 is 2.15 bits per heavy atom. The first-order valence-electron chi connectivity index (χ1n) is 6.71. The third-order valence-corrected chi connectivity index (χ3v) is 4.27. The van der Waals surface area contributed by atoms with Crippen molar-refractivity contribution in [2.75, 3.05) is 20.6 Å². The topological polar surface area (TPSA) is 61.4 Å². The predicted molar refractivity (Wildman–Crippen MR) is 82.8 cm³/mol. The maximum Gasteiger partial charge on any atom is 0.277 e. The Morgan fingerprint density at radius 2 is 1.70 bits per heavy atom. The van der Waals surface area contributed by atoms with E-state index < -0.39 is 10.2 Å². The number of rotatable bonds is 7. The van der Waals surface area contributed by atoms with Gasteiger partial charge in [0, 0.05) is 18.6 Å². The highest BCUT2D eigenvalue weighted by Crippen LogP contribution is 2.18. The summed E-state index contributed by atoms with van der Waals surface area (Å²) in [5, 5.41) is 0. The van der Waals surface area contributed by atoms with Crippen molar-refractivity contribution in [1.82, 2.24) is 14.3 Å². The van der Waals surface area contributed by atoms with Gasteiger partial charge in [0.2, 0.25) is 0 Å². The van der Waals surface area contributed by atoms with Gasteiger partial charge in [0.15, 0.2) is 0 Å². The Labute approximate surface area is 122 Å². The van der Waals surface area contributed by atoms with Crippen molar-refractivity contribution in [3.63, 3.8) is 0 Å². The Bertz CT molecular complexity index is 510. The van der Waals surface area contributed by atoms with E-state index >= 15 is 0 Å². The Kier molecular flexibility index (Phi) is 6.13. The molecule has 0 saturated carbocycles. The summed E-state index contributed by atoms with van der Waals surface area (Å²) in [5.74, 6) is 0. The van der Waals surface area contributed by atoms with E-state index in [1.807, 2.05) is 50.2 Å². The number of nitrogens with one attached hydrogen (secondary N) is 2. The third-order valence-electron chi connectivity index (χ3n) is 2.94. The molecule has 114 valence electrons. The minimum atomic E-state index is -3.45. The molecule has 1 atom stereocenters. The zero-order valence-electron chi connectivity index (χ0n) is 12.8. The highest BCUT2D eigenvalue weighted by Gasteiger charge is 2.18. The summed E-state index contributed by atoms with van der Waals surface area (Å²) in [5.41, 5.74) is 2.28. The lowest BCUT2D eigenvalue weighted by molar-refractivity contribution is 0.299. The summed E-state index contributed by atoms with van der Waals surface area (Å²) in [7, 11) is 0.426. The summed E-state index contributed by atoms with van der Waals surface area (Å²) in [6.45, 7) is 5.95. The largest absolute Gasteiger partial charge is 0.301 e. The molecule has 2 N–H and O–H groups in total. The van der Waals surface area contributed by atoms with Crippen LogP contribution in [0.15, 0.2) is 24.3 Å². The van der Waals surface area contributed by atoms with Gasteiger partial charge >= 0.3 is 0 Å². The summed E-state index contributed by atoms with van der Waals surface area (Å²) in [6.07, 6.45) is 0. The Balaban J connectivity index is 2.77. The maximum absolute atomic E-state index is 11.8. The Morgan fingerprint density at radius 1 is 1.15 bits per heavy atom. The molecule has 5 nitrogen and oxygen atoms in total. The number of likely N-dealkylation sites (N-methyl/N-ethyl adjacent to an activating group) is 1. The van der Waals surface area contributed by atoms with Crippen molar-refractivity contribution in [3.05, 3.63) is 35.4 Å². The summed E-state index contributed by atoms with van der Waals surface area (Å²) in [6, 6.07) is 8.01. The molecule has 0 heterocycles. The highest BCUT2D eigenvalue weighted by atomic mass is 32.2. The molecule has 1 rings (SSSR count). The van der Waals surface area contributed by atoms with Gasteiger partial charge < -0.3 is 4.90 Å². The van der Waals surface area contributed by atoms with E-state index in [1.165, 1.54) is 5.56 Å². The average molecular weight is 299 g/mol. The van der Waals surface area contributed by atoms with Crippen LogP contribution in [0.1, 0.15) is 31.0 Å². The quantitative estimate of drug-likeness (QED) is 0.800. The standard InChI is InChI=1S/C14H25N3O2S/c1-11(2)16-20(18,19)15-10-14(17(4)5)13-8-6-12(3)7-9-13/h6-9,11,14-16H,10H2,1-5H3. The van der Waals surface area contributed by atoms with Crippen molar-refractivity contribution in [1.29, 1.82) is 0 Å². The molecular weight excluding hydrogens is 274 g/mol. The average Bonchev–Trinajstić information content (AvgIpc) is 2.29. The molecule has 0 aliphatic rings. The molecule has 0 fully saturated rings. The lowest BCUT2D eigenvalue weighted by atomic mass is 10.0. The number of hydrogen-bond donors (Lipinski definition) is 2. The monoisotopic (exact) mass is 299 g/mol. The lowest BCUT2D eigenvalue weighted by Gasteiger charge is -2.25. The molecule has 1 aromatic rings. The molecule has 0 bridgehead atoms. The van der Waals surface area contributed by atoms with Crippen LogP contribution in [0, 0.1) is 6.92 Å². The van der Waals surface area contributed by atoms with E-state index in [0.717, 1.165) is 5.56 Å². The molecule has 0 spiro atoms. The first-order chi connectivity index (χ1) is 9.21. The van der Waals surface area contributed by atoms with E-state index in [-0.39, 0.29) is 12.1 Å². The van der Waals surface area contributed by atoms with Gasteiger partial charge in [-0.1, -0.05) is 29.8 Å². The van der Waals surface area contributed by atoms with Crippen LogP contribution in [0.2, 0.25) is 0 Å². The molecule has 0 saturated heterocycles. The second-order valence-corrected chi connectivity index (χ2v) is 7.05. The summed E-state index contributed by atoms with van der Waals surface area (Å²) >= 11 is 0. The molecular formula is C14H25N3O2S. The smallest absolute Gasteiger partial charge is 0.277 e. The molecule has 0 radical (unpaired) electrons. The first kappa shape index (κ1) is 17.1. The van der Waals surface area contributed by atoms with Gasteiger partial charge in [-0.3, -0.25) is 0 Å². The third kappa shape index (κ3) is 5.58. The van der Waals surface area contributed by atoms with Gasteiger partial charge in [-0.2, -0.15) is 13.1 Å². The van der Waals surface area contributed by atoms with E-state index in [9.17, 15) is 8.42 Å². The number of aryl methyl sites for hydroxylation is 1. The van der Waals surface area contributed by atoms with Crippen LogP contribution in [0.4, 0.5) is 0 Å². The van der Waals surface area contributed by atoms with Gasteiger partial charge in [0.1, 0.15) is 0 Å². The fraction of sp³-hybridized carbons (Fsp3) is 0.571. The fourth-order valence-electron chi connectivity index (χ4n) is 1.93. The minimum absolute atomic E-state index is 0.000614. The SMILES string of the molecule is Cc1ccc(C(CNS(=O)(=O)NC(C)C)N(C)C)cc1. The van der Waals surface area contributed by atoms with Gasteiger partial charge in [0.25, 0.3) is 10.2 Å². The predicted octanol–water partition coefficient (Wildman–Crippen LogP) is 1.43. The van der Waals surface area contributed by atoms with Gasteiger partial charge in [0.05, 0.1) is 0 Å². The van der Waals surface area contributed by atoms with E-state index in [0.29, 0.717) is 6.54 Å². The van der Waals surface area contributed by atoms with Crippen molar-refractivity contribution < 1.29 is 8.42 Å². The van der Waals surface area contributed by atoms with Crippen molar-refractivity contribution in [3.8, 4) is 0 Å². The first-order valence-corrected chi connectivity index (χ1v) is 8.19. The van der Waals surface area contributed by atoms with E-state index in [2.05, 4.69) is 9.44 Å². The van der Waals surface area contributed by atoms with Crippen LogP contribution in [0.25, 0.3) is 0 Å². The van der Waals surface area contributed by atoms with Crippen LogP contribution in [0.5, 0.6) is 0 Å². The number of benzene rings is 1. The molecule has 1 unspecified atom stereocenters. The fourth-order valence-corrected chi connectivity index (χ4v) is 3.01. The van der Waals surface area contributed by atoms with Gasteiger partial charge in [-0.05, 0) is 40.4 Å². The second kappa shape index (κ2) is 7.17. The van der Waals surface area contributed by atoms with Crippen LogP contribution >= 0.6 is 0 Å². The van der Waals surface area contributed by atoms with Crippen molar-refractivity contribution >= 4 is 10.2 Å². The zero-order chi connectivity index (χ0) is 15.3. The van der Waals surface area contributed by atoms with Crippen LogP contribution < -0.4 is 9.44 Å². The van der Waals surface area contributed by atoms with Crippen molar-refractivity contribution in [2.45, 2.75) is 32.9 Å². The number of nitrogens with zero attached hydrogens (tertiary/aromatic N) is 1. The minimum Gasteiger partial charge on any atom is -0.301 e. The molecule has 0 amide bonds. The van der Waals surface area contributed by atoms with Gasteiger partial charge in [-0.25, -0.2) is 4.72 Å². The van der Waals surface area contributed by atoms with Crippen molar-refractivity contribution in [2.24, 2.45) is 0 Å². The summed E-state index contributed by atoms with van der Waals surface area (Å²) in [4.78, 5) is 2.00. The molecule has 6 heteroatoms.